The van der Waals surface area contributed by atoms with E-state index < -0.39 is 0 Å². The van der Waals surface area contributed by atoms with Crippen LogP contribution in [0.2, 0.25) is 0 Å². The van der Waals surface area contributed by atoms with Gasteiger partial charge in [0.1, 0.15) is 0 Å². The van der Waals surface area contributed by atoms with E-state index in [0.29, 0.717) is 12.0 Å². The molecule has 0 aliphatic carbocycles. The molecule has 0 aromatic heterocycles. The van der Waals surface area contributed by atoms with E-state index in [1.807, 2.05) is 0 Å². The van der Waals surface area contributed by atoms with Gasteiger partial charge in [0, 0.05) is 19.6 Å². The summed E-state index contributed by atoms with van der Waals surface area (Å²) in [7, 11) is 3.84. The summed E-state index contributed by atoms with van der Waals surface area (Å²) in [6.45, 7) is 2.26. The van der Waals surface area contributed by atoms with E-state index in [2.05, 4.69) is 22.3 Å². The van der Waals surface area contributed by atoms with Crippen LogP contribution in [0, 0.1) is 0 Å². The third-order valence-corrected chi connectivity index (χ3v) is 2.22. The van der Waals surface area contributed by atoms with Gasteiger partial charge in [0.25, 0.3) is 0 Å². The van der Waals surface area contributed by atoms with Crippen molar-refractivity contribution in [2.45, 2.75) is 18.9 Å². The highest BCUT2D eigenvalue weighted by molar-refractivity contribution is 5.77. The van der Waals surface area contributed by atoms with Crippen LogP contribution in [0.15, 0.2) is 4.99 Å². The summed E-state index contributed by atoms with van der Waals surface area (Å²) in [6, 6.07) is 0.479. The van der Waals surface area contributed by atoms with Crippen LogP contribution in [0.4, 0.5) is 0 Å². The molecule has 0 aromatic carbocycles. The molecule has 1 rings (SSSR count). The van der Waals surface area contributed by atoms with Gasteiger partial charge in [-0.05, 0) is 26.4 Å². The molecule has 0 saturated carbocycles. The van der Waals surface area contributed by atoms with Crippen molar-refractivity contribution >= 4 is 5.96 Å². The Morgan fingerprint density at radius 2 is 2.42 bits per heavy atom. The Morgan fingerprint density at radius 1 is 1.67 bits per heavy atom. The molecule has 0 amide bonds. The van der Waals surface area contributed by atoms with Crippen LogP contribution in [-0.2, 0) is 0 Å². The summed E-state index contributed by atoms with van der Waals surface area (Å²) >= 11 is 0. The number of piperidine rings is 1. The number of aliphatic imine (C=N–C) groups is 1. The van der Waals surface area contributed by atoms with Gasteiger partial charge in [0.15, 0.2) is 5.96 Å². The Hall–Kier alpha value is -0.770. The van der Waals surface area contributed by atoms with Gasteiger partial charge in [0.05, 0.1) is 0 Å². The van der Waals surface area contributed by atoms with Crippen LogP contribution in [0.25, 0.3) is 0 Å². The third kappa shape index (κ3) is 2.70. The predicted molar refractivity (Wildman–Crippen MR) is 51.2 cm³/mol. The molecule has 0 radical (unpaired) electrons. The van der Waals surface area contributed by atoms with Crippen molar-refractivity contribution in [3.8, 4) is 0 Å². The van der Waals surface area contributed by atoms with Crippen molar-refractivity contribution < 1.29 is 0 Å². The van der Waals surface area contributed by atoms with Crippen molar-refractivity contribution in [2.24, 2.45) is 10.7 Å². The van der Waals surface area contributed by atoms with Crippen molar-refractivity contribution in [3.63, 3.8) is 0 Å². The van der Waals surface area contributed by atoms with Crippen LogP contribution in [0.1, 0.15) is 12.8 Å². The minimum absolute atomic E-state index is 0.479. The molecule has 1 saturated heterocycles. The summed E-state index contributed by atoms with van der Waals surface area (Å²) < 4.78 is 0. The fraction of sp³-hybridized carbons (Fsp3) is 0.875. The lowest BCUT2D eigenvalue weighted by atomic mass is 10.1. The molecule has 0 aromatic rings. The Balaban J connectivity index is 2.32. The largest absolute Gasteiger partial charge is 0.370 e. The molecule has 0 spiro atoms. The molecule has 1 heterocycles. The molecule has 1 fully saturated rings. The van der Waals surface area contributed by atoms with Gasteiger partial charge in [-0.25, -0.2) is 0 Å². The molecule has 0 bridgehead atoms. The Labute approximate surface area is 73.8 Å². The summed E-state index contributed by atoms with van der Waals surface area (Å²) in [4.78, 5) is 6.18. The molecule has 4 nitrogen and oxygen atoms in total. The van der Waals surface area contributed by atoms with E-state index in [1.165, 1.54) is 19.4 Å². The van der Waals surface area contributed by atoms with E-state index in [-0.39, 0.29) is 0 Å². The highest BCUT2D eigenvalue weighted by Crippen LogP contribution is 2.06. The van der Waals surface area contributed by atoms with Gasteiger partial charge in [-0.15, -0.1) is 0 Å². The fourth-order valence-corrected chi connectivity index (χ4v) is 1.56. The van der Waals surface area contributed by atoms with Gasteiger partial charge < -0.3 is 16.0 Å². The van der Waals surface area contributed by atoms with Crippen molar-refractivity contribution in [3.05, 3.63) is 0 Å². The number of guanidine groups is 1. The van der Waals surface area contributed by atoms with Crippen LogP contribution in [0.5, 0.6) is 0 Å². The second kappa shape index (κ2) is 4.30. The zero-order valence-corrected chi connectivity index (χ0v) is 7.88. The zero-order chi connectivity index (χ0) is 8.97. The van der Waals surface area contributed by atoms with Gasteiger partial charge in [-0.2, -0.15) is 0 Å². The molecule has 12 heavy (non-hydrogen) atoms. The average Bonchev–Trinajstić information content (AvgIpc) is 2.04. The maximum atomic E-state index is 5.57. The fourth-order valence-electron chi connectivity index (χ4n) is 1.56. The number of nitrogens with two attached hydrogens (primary N) is 1. The van der Waals surface area contributed by atoms with Crippen molar-refractivity contribution in [1.29, 1.82) is 0 Å². The smallest absolute Gasteiger partial charge is 0.188 e. The van der Waals surface area contributed by atoms with E-state index in [0.717, 1.165) is 6.54 Å². The van der Waals surface area contributed by atoms with Gasteiger partial charge in [-0.1, -0.05) is 0 Å². The van der Waals surface area contributed by atoms with Gasteiger partial charge in [0.2, 0.25) is 0 Å². The van der Waals surface area contributed by atoms with Crippen molar-refractivity contribution in [1.82, 2.24) is 10.2 Å². The number of likely N-dealkylation sites (N-methyl/N-ethyl adjacent to an activating group) is 1. The van der Waals surface area contributed by atoms with Crippen LogP contribution >= 0.6 is 0 Å². The van der Waals surface area contributed by atoms with E-state index in [9.17, 15) is 0 Å². The molecule has 1 aliphatic rings. The van der Waals surface area contributed by atoms with Crippen LogP contribution in [-0.4, -0.2) is 44.1 Å². The highest BCUT2D eigenvalue weighted by atomic mass is 15.2. The number of nitrogens with zero attached hydrogens (tertiary/aromatic N) is 2. The summed E-state index contributed by atoms with van der Waals surface area (Å²) in [5, 5.41) is 3.18. The first-order valence-electron chi connectivity index (χ1n) is 4.39. The maximum absolute atomic E-state index is 5.57. The number of nitrogens with one attached hydrogen (secondary N) is 1. The second-order valence-corrected chi connectivity index (χ2v) is 3.35. The summed E-state index contributed by atoms with van der Waals surface area (Å²) in [6.07, 6.45) is 2.44. The van der Waals surface area contributed by atoms with Gasteiger partial charge in [-0.3, -0.25) is 4.99 Å². The molecule has 3 N–H and O–H groups in total. The number of likely N-dealkylation sites (tertiary alicyclic amines) is 1. The third-order valence-electron chi connectivity index (χ3n) is 2.22. The van der Waals surface area contributed by atoms with Gasteiger partial charge >= 0.3 is 0 Å². The maximum Gasteiger partial charge on any atom is 0.188 e. The number of hydrogen-bond donors (Lipinski definition) is 2. The Morgan fingerprint density at radius 3 is 3.00 bits per heavy atom. The lowest BCUT2D eigenvalue weighted by molar-refractivity contribution is 0.241. The molecule has 4 heteroatoms. The lowest BCUT2D eigenvalue weighted by Crippen LogP contribution is -2.48. The minimum Gasteiger partial charge on any atom is -0.370 e. The topological polar surface area (TPSA) is 53.6 Å². The SMILES string of the molecule is CN=C(N)NC1CCCN(C)C1. The minimum atomic E-state index is 0.479. The average molecular weight is 170 g/mol. The quantitative estimate of drug-likeness (QED) is 0.416. The molecular formula is C8H18N4. The molecule has 1 aliphatic heterocycles. The Bertz CT molecular complexity index is 166. The summed E-state index contributed by atoms with van der Waals surface area (Å²) in [5.74, 6) is 0.551. The number of rotatable bonds is 1. The molecule has 70 valence electrons. The van der Waals surface area contributed by atoms with E-state index in [4.69, 9.17) is 5.73 Å². The number of hydrogen-bond acceptors (Lipinski definition) is 2. The first kappa shape index (κ1) is 9.32. The van der Waals surface area contributed by atoms with Crippen molar-refractivity contribution in [2.75, 3.05) is 27.2 Å². The van der Waals surface area contributed by atoms with Crippen LogP contribution in [0.3, 0.4) is 0 Å². The first-order valence-corrected chi connectivity index (χ1v) is 4.39. The van der Waals surface area contributed by atoms with E-state index in [1.54, 1.807) is 7.05 Å². The highest BCUT2D eigenvalue weighted by Gasteiger charge is 2.16. The second-order valence-electron chi connectivity index (χ2n) is 3.35. The summed E-state index contributed by atoms with van der Waals surface area (Å²) in [5.41, 5.74) is 5.57. The predicted octanol–water partition coefficient (Wildman–Crippen LogP) is -0.385. The molecular weight excluding hydrogens is 152 g/mol. The van der Waals surface area contributed by atoms with E-state index >= 15 is 0 Å². The standard InChI is InChI=1S/C8H18N4/c1-10-8(9)11-7-4-3-5-12(2)6-7/h7H,3-6H2,1-2H3,(H3,9,10,11). The first-order chi connectivity index (χ1) is 5.72. The molecule has 1 atom stereocenters. The monoisotopic (exact) mass is 170 g/mol. The Kier molecular flexibility index (Phi) is 3.34. The van der Waals surface area contributed by atoms with Crippen LogP contribution < -0.4 is 11.1 Å². The normalized spacial score (nSPS) is 27.2. The molecule has 1 unspecified atom stereocenters. The zero-order valence-electron chi connectivity index (χ0n) is 7.88. The lowest BCUT2D eigenvalue weighted by Gasteiger charge is -2.30.